The van der Waals surface area contributed by atoms with Crippen LogP contribution in [0.25, 0.3) is 0 Å². The molecule has 0 aromatic carbocycles. The molecule has 0 fully saturated rings. The second-order valence-electron chi connectivity index (χ2n) is 5.97. The summed E-state index contributed by atoms with van der Waals surface area (Å²) in [6, 6.07) is 0. The van der Waals surface area contributed by atoms with Gasteiger partial charge in [0.15, 0.2) is 0 Å². The van der Waals surface area contributed by atoms with Crippen molar-refractivity contribution < 1.29 is 0 Å². The molecule has 0 radical (unpaired) electrons. The lowest BCUT2D eigenvalue weighted by atomic mass is 9.80. The molecule has 1 nitrogen and oxygen atoms in total. The molecule has 0 aliphatic carbocycles. The van der Waals surface area contributed by atoms with E-state index in [0.717, 1.165) is 25.3 Å². The minimum absolute atomic E-state index is 0.483. The SMILES string of the molecule is C=CCCNC(=C)CCC(C)CC(C)(C)CC. The number of hydrogen-bond donors (Lipinski definition) is 1. The van der Waals surface area contributed by atoms with Gasteiger partial charge in [0.2, 0.25) is 0 Å². The molecule has 1 atom stereocenters. The first-order chi connectivity index (χ1) is 7.91. The van der Waals surface area contributed by atoms with E-state index in [1.165, 1.54) is 25.0 Å². The molecule has 1 unspecified atom stereocenters. The molecule has 0 saturated carbocycles. The van der Waals surface area contributed by atoms with Crippen LogP contribution < -0.4 is 5.32 Å². The second kappa shape index (κ2) is 8.38. The zero-order chi connectivity index (χ0) is 13.3. The number of hydrogen-bond acceptors (Lipinski definition) is 1. The van der Waals surface area contributed by atoms with E-state index >= 15 is 0 Å². The van der Waals surface area contributed by atoms with Crippen molar-refractivity contribution >= 4 is 0 Å². The first-order valence-electron chi connectivity index (χ1n) is 6.94. The first-order valence-corrected chi connectivity index (χ1v) is 6.94. The fraction of sp³-hybridized carbons (Fsp3) is 0.750. The molecule has 0 spiro atoms. The highest BCUT2D eigenvalue weighted by Crippen LogP contribution is 2.30. The van der Waals surface area contributed by atoms with E-state index in [-0.39, 0.29) is 0 Å². The van der Waals surface area contributed by atoms with Crippen LogP contribution in [0.3, 0.4) is 0 Å². The van der Waals surface area contributed by atoms with Gasteiger partial charge >= 0.3 is 0 Å². The summed E-state index contributed by atoms with van der Waals surface area (Å²) in [5.41, 5.74) is 1.66. The average Bonchev–Trinajstić information content (AvgIpc) is 2.26. The van der Waals surface area contributed by atoms with Crippen LogP contribution in [-0.2, 0) is 0 Å². The number of allylic oxidation sites excluding steroid dienone is 1. The quantitative estimate of drug-likeness (QED) is 0.420. The van der Waals surface area contributed by atoms with E-state index < -0.39 is 0 Å². The molecule has 0 aliphatic heterocycles. The van der Waals surface area contributed by atoms with Gasteiger partial charge in [-0.25, -0.2) is 0 Å². The topological polar surface area (TPSA) is 12.0 Å². The highest BCUT2D eigenvalue weighted by atomic mass is 14.9. The minimum Gasteiger partial charge on any atom is -0.389 e. The molecule has 0 aromatic heterocycles. The van der Waals surface area contributed by atoms with Crippen LogP contribution in [0.1, 0.15) is 59.8 Å². The highest BCUT2D eigenvalue weighted by Gasteiger charge is 2.18. The molecule has 17 heavy (non-hydrogen) atoms. The summed E-state index contributed by atoms with van der Waals surface area (Å²) in [5, 5.41) is 3.35. The Morgan fingerprint density at radius 1 is 1.41 bits per heavy atom. The van der Waals surface area contributed by atoms with Crippen molar-refractivity contribution in [1.82, 2.24) is 5.32 Å². The highest BCUT2D eigenvalue weighted by molar-refractivity contribution is 4.92. The van der Waals surface area contributed by atoms with Crippen molar-refractivity contribution in [2.24, 2.45) is 11.3 Å². The van der Waals surface area contributed by atoms with Gasteiger partial charge in [0.25, 0.3) is 0 Å². The monoisotopic (exact) mass is 237 g/mol. The average molecular weight is 237 g/mol. The summed E-state index contributed by atoms with van der Waals surface area (Å²) in [7, 11) is 0. The molecule has 0 heterocycles. The Kier molecular flexibility index (Phi) is 8.03. The van der Waals surface area contributed by atoms with Crippen molar-refractivity contribution in [2.75, 3.05) is 6.54 Å². The standard InChI is InChI=1S/C16H31N/c1-7-9-12-17-15(4)11-10-14(3)13-16(5,6)8-2/h7,14,17H,1,4,8-13H2,2-3,5-6H3. The lowest BCUT2D eigenvalue weighted by Crippen LogP contribution is -2.17. The second-order valence-corrected chi connectivity index (χ2v) is 5.97. The van der Waals surface area contributed by atoms with Crippen molar-refractivity contribution in [1.29, 1.82) is 0 Å². The smallest absolute Gasteiger partial charge is 0.0178 e. The van der Waals surface area contributed by atoms with E-state index in [1.807, 2.05) is 6.08 Å². The Balaban J connectivity index is 3.72. The Labute approximate surface area is 108 Å². The normalized spacial score (nSPS) is 13.2. The molecule has 0 aromatic rings. The molecule has 0 aliphatic rings. The Morgan fingerprint density at radius 3 is 2.59 bits per heavy atom. The van der Waals surface area contributed by atoms with Gasteiger partial charge in [0, 0.05) is 12.2 Å². The van der Waals surface area contributed by atoms with E-state index in [2.05, 4.69) is 46.2 Å². The van der Waals surface area contributed by atoms with E-state index in [1.54, 1.807) is 0 Å². The fourth-order valence-electron chi connectivity index (χ4n) is 2.05. The Morgan fingerprint density at radius 2 is 2.06 bits per heavy atom. The molecular weight excluding hydrogens is 206 g/mol. The zero-order valence-electron chi connectivity index (χ0n) is 12.3. The summed E-state index contributed by atoms with van der Waals surface area (Å²) < 4.78 is 0. The van der Waals surface area contributed by atoms with E-state index in [9.17, 15) is 0 Å². The van der Waals surface area contributed by atoms with Crippen molar-refractivity contribution in [2.45, 2.75) is 59.8 Å². The van der Waals surface area contributed by atoms with Crippen LogP contribution in [-0.4, -0.2) is 6.54 Å². The summed E-state index contributed by atoms with van der Waals surface area (Å²) in [5.74, 6) is 0.780. The lowest BCUT2D eigenvalue weighted by Gasteiger charge is -2.26. The lowest BCUT2D eigenvalue weighted by molar-refractivity contribution is 0.259. The maximum atomic E-state index is 4.07. The minimum atomic E-state index is 0.483. The van der Waals surface area contributed by atoms with Gasteiger partial charge in [-0.2, -0.15) is 0 Å². The number of rotatable bonds is 10. The van der Waals surface area contributed by atoms with Crippen LogP contribution in [0.15, 0.2) is 24.9 Å². The van der Waals surface area contributed by atoms with Crippen LogP contribution in [0, 0.1) is 11.3 Å². The predicted molar refractivity (Wildman–Crippen MR) is 79.0 cm³/mol. The fourth-order valence-corrected chi connectivity index (χ4v) is 2.05. The summed E-state index contributed by atoms with van der Waals surface area (Å²) >= 11 is 0. The molecule has 0 bridgehead atoms. The van der Waals surface area contributed by atoms with Gasteiger partial charge in [0.1, 0.15) is 0 Å². The van der Waals surface area contributed by atoms with Gasteiger partial charge in [-0.3, -0.25) is 0 Å². The molecule has 0 rings (SSSR count). The molecule has 100 valence electrons. The Hall–Kier alpha value is -0.720. The third-order valence-corrected chi connectivity index (χ3v) is 3.52. The summed E-state index contributed by atoms with van der Waals surface area (Å²) in [6.07, 6.45) is 7.85. The van der Waals surface area contributed by atoms with E-state index in [0.29, 0.717) is 5.41 Å². The van der Waals surface area contributed by atoms with Gasteiger partial charge in [-0.15, -0.1) is 6.58 Å². The zero-order valence-corrected chi connectivity index (χ0v) is 12.3. The van der Waals surface area contributed by atoms with Gasteiger partial charge in [-0.1, -0.05) is 46.8 Å². The maximum absolute atomic E-state index is 4.07. The van der Waals surface area contributed by atoms with Gasteiger partial charge in [-0.05, 0) is 37.0 Å². The molecule has 0 saturated heterocycles. The number of nitrogens with one attached hydrogen (secondary N) is 1. The molecular formula is C16H31N. The first kappa shape index (κ1) is 16.3. The molecule has 1 heteroatoms. The van der Waals surface area contributed by atoms with Crippen molar-refractivity contribution in [3.63, 3.8) is 0 Å². The molecule has 0 amide bonds. The Bertz CT molecular complexity index is 228. The van der Waals surface area contributed by atoms with Crippen molar-refractivity contribution in [3.05, 3.63) is 24.9 Å². The van der Waals surface area contributed by atoms with Gasteiger partial charge < -0.3 is 5.32 Å². The molecule has 1 N–H and O–H groups in total. The third-order valence-electron chi connectivity index (χ3n) is 3.52. The van der Waals surface area contributed by atoms with Crippen LogP contribution >= 0.6 is 0 Å². The van der Waals surface area contributed by atoms with Gasteiger partial charge in [0.05, 0.1) is 0 Å². The largest absolute Gasteiger partial charge is 0.389 e. The van der Waals surface area contributed by atoms with Crippen LogP contribution in [0.5, 0.6) is 0 Å². The van der Waals surface area contributed by atoms with E-state index in [4.69, 9.17) is 0 Å². The maximum Gasteiger partial charge on any atom is 0.0178 e. The van der Waals surface area contributed by atoms with Crippen molar-refractivity contribution in [3.8, 4) is 0 Å². The summed E-state index contributed by atoms with van der Waals surface area (Å²) in [6.45, 7) is 18.1. The summed E-state index contributed by atoms with van der Waals surface area (Å²) in [4.78, 5) is 0. The predicted octanol–water partition coefficient (Wildman–Crippen LogP) is 4.91. The van der Waals surface area contributed by atoms with Crippen LogP contribution in [0.4, 0.5) is 0 Å². The van der Waals surface area contributed by atoms with Crippen LogP contribution in [0.2, 0.25) is 0 Å². The third kappa shape index (κ3) is 9.02.